The molecule has 0 aromatic carbocycles. The Morgan fingerprint density at radius 3 is 2.33 bits per heavy atom. The molecule has 18 heavy (non-hydrogen) atoms. The van der Waals surface area contributed by atoms with Crippen LogP contribution in [0.4, 0.5) is 0 Å². The van der Waals surface area contributed by atoms with Crippen LogP contribution in [0.25, 0.3) is 0 Å². The first-order chi connectivity index (χ1) is 8.38. The molecule has 0 aromatic heterocycles. The molecule has 1 saturated carbocycles. The van der Waals surface area contributed by atoms with Crippen LogP contribution in [0.15, 0.2) is 0 Å². The Morgan fingerprint density at radius 2 is 1.83 bits per heavy atom. The molecular weight excluding hydrogens is 228 g/mol. The molecule has 1 aliphatic carbocycles. The molecule has 1 atom stereocenters. The Kier molecular flexibility index (Phi) is 3.64. The lowest BCUT2D eigenvalue weighted by atomic mass is 9.84. The lowest BCUT2D eigenvalue weighted by Gasteiger charge is -2.29. The SMILES string of the molecule is CC(C)(C)C(=O)N[C@@H]1CCN(C(=O)C2CCC2)C1. The summed E-state index contributed by atoms with van der Waals surface area (Å²) in [5, 5.41) is 3.05. The summed E-state index contributed by atoms with van der Waals surface area (Å²) in [4.78, 5) is 25.9. The van der Waals surface area contributed by atoms with Crippen molar-refractivity contribution in [2.75, 3.05) is 13.1 Å². The molecular formula is C14H24N2O2. The number of rotatable bonds is 2. The molecule has 1 heterocycles. The Morgan fingerprint density at radius 1 is 1.17 bits per heavy atom. The molecule has 2 fully saturated rings. The predicted octanol–water partition coefficient (Wildman–Crippen LogP) is 1.55. The highest BCUT2D eigenvalue weighted by Gasteiger charge is 2.35. The van der Waals surface area contributed by atoms with Gasteiger partial charge in [-0.3, -0.25) is 9.59 Å². The van der Waals surface area contributed by atoms with Crippen molar-refractivity contribution in [2.24, 2.45) is 11.3 Å². The molecule has 2 aliphatic rings. The van der Waals surface area contributed by atoms with Gasteiger partial charge in [-0.15, -0.1) is 0 Å². The zero-order valence-corrected chi connectivity index (χ0v) is 11.7. The van der Waals surface area contributed by atoms with Crippen molar-refractivity contribution in [1.29, 1.82) is 0 Å². The number of hydrogen-bond donors (Lipinski definition) is 1. The zero-order valence-electron chi connectivity index (χ0n) is 11.7. The largest absolute Gasteiger partial charge is 0.351 e. The van der Waals surface area contributed by atoms with Crippen molar-refractivity contribution in [3.63, 3.8) is 0 Å². The van der Waals surface area contributed by atoms with Gasteiger partial charge >= 0.3 is 0 Å². The second-order valence-electron chi connectivity index (χ2n) is 6.62. The first kappa shape index (κ1) is 13.4. The van der Waals surface area contributed by atoms with Gasteiger partial charge in [0, 0.05) is 30.5 Å². The van der Waals surface area contributed by atoms with E-state index in [9.17, 15) is 9.59 Å². The van der Waals surface area contributed by atoms with Crippen molar-refractivity contribution >= 4 is 11.8 Å². The normalized spacial score (nSPS) is 24.8. The van der Waals surface area contributed by atoms with Crippen LogP contribution in [0.2, 0.25) is 0 Å². The van der Waals surface area contributed by atoms with Crippen LogP contribution in [0.1, 0.15) is 46.5 Å². The van der Waals surface area contributed by atoms with Gasteiger partial charge in [0.2, 0.25) is 11.8 Å². The molecule has 1 saturated heterocycles. The fraction of sp³-hybridized carbons (Fsp3) is 0.857. The van der Waals surface area contributed by atoms with E-state index < -0.39 is 0 Å². The van der Waals surface area contributed by atoms with E-state index in [0.717, 1.165) is 25.8 Å². The number of nitrogens with one attached hydrogen (secondary N) is 1. The van der Waals surface area contributed by atoms with Gasteiger partial charge in [0.1, 0.15) is 0 Å². The Bertz CT molecular complexity index is 342. The second kappa shape index (κ2) is 4.90. The second-order valence-corrected chi connectivity index (χ2v) is 6.62. The number of amides is 2. The minimum atomic E-state index is -0.356. The maximum atomic E-state index is 12.1. The zero-order chi connectivity index (χ0) is 13.3. The molecule has 1 N–H and O–H groups in total. The highest BCUT2D eigenvalue weighted by molar-refractivity contribution is 5.82. The summed E-state index contributed by atoms with van der Waals surface area (Å²) in [6.07, 6.45) is 4.18. The van der Waals surface area contributed by atoms with Crippen LogP contribution in [-0.2, 0) is 9.59 Å². The number of nitrogens with zero attached hydrogens (tertiary/aromatic N) is 1. The monoisotopic (exact) mass is 252 g/mol. The quantitative estimate of drug-likeness (QED) is 0.810. The molecule has 4 nitrogen and oxygen atoms in total. The smallest absolute Gasteiger partial charge is 0.225 e. The van der Waals surface area contributed by atoms with Gasteiger partial charge in [0.25, 0.3) is 0 Å². The van der Waals surface area contributed by atoms with Crippen LogP contribution in [0.5, 0.6) is 0 Å². The van der Waals surface area contributed by atoms with Crippen molar-refractivity contribution in [1.82, 2.24) is 10.2 Å². The highest BCUT2D eigenvalue weighted by Crippen LogP contribution is 2.29. The van der Waals surface area contributed by atoms with Gasteiger partial charge in [-0.1, -0.05) is 27.2 Å². The molecule has 102 valence electrons. The van der Waals surface area contributed by atoms with Crippen molar-refractivity contribution in [3.8, 4) is 0 Å². The Labute approximate surface area is 109 Å². The van der Waals surface area contributed by atoms with Gasteiger partial charge in [-0.05, 0) is 19.3 Å². The van der Waals surface area contributed by atoms with Crippen LogP contribution in [-0.4, -0.2) is 35.8 Å². The summed E-state index contributed by atoms with van der Waals surface area (Å²) >= 11 is 0. The fourth-order valence-corrected chi connectivity index (χ4v) is 2.39. The molecule has 1 aliphatic heterocycles. The number of carbonyl (C=O) groups is 2. The lowest BCUT2D eigenvalue weighted by Crippen LogP contribution is -2.44. The Balaban J connectivity index is 1.81. The fourth-order valence-electron chi connectivity index (χ4n) is 2.39. The topological polar surface area (TPSA) is 49.4 Å². The van der Waals surface area contributed by atoms with E-state index in [2.05, 4.69) is 5.32 Å². The average Bonchev–Trinajstić information content (AvgIpc) is 2.61. The summed E-state index contributed by atoms with van der Waals surface area (Å²) in [5.41, 5.74) is -0.356. The summed E-state index contributed by atoms with van der Waals surface area (Å²) in [5.74, 6) is 0.640. The van der Waals surface area contributed by atoms with E-state index in [-0.39, 0.29) is 23.3 Å². The number of hydrogen-bond acceptors (Lipinski definition) is 2. The first-order valence-electron chi connectivity index (χ1n) is 6.97. The van der Waals surface area contributed by atoms with E-state index in [1.807, 2.05) is 25.7 Å². The Hall–Kier alpha value is -1.06. The highest BCUT2D eigenvalue weighted by atomic mass is 16.2. The van der Waals surface area contributed by atoms with E-state index in [4.69, 9.17) is 0 Å². The molecule has 0 spiro atoms. The van der Waals surface area contributed by atoms with Gasteiger partial charge in [0.15, 0.2) is 0 Å². The first-order valence-corrected chi connectivity index (χ1v) is 6.97. The summed E-state index contributed by atoms with van der Waals surface area (Å²) in [6.45, 7) is 7.22. The van der Waals surface area contributed by atoms with Crippen molar-refractivity contribution < 1.29 is 9.59 Å². The molecule has 0 bridgehead atoms. The predicted molar refractivity (Wildman–Crippen MR) is 69.9 cm³/mol. The van der Waals surface area contributed by atoms with Crippen LogP contribution >= 0.6 is 0 Å². The maximum absolute atomic E-state index is 12.1. The van der Waals surface area contributed by atoms with Crippen LogP contribution < -0.4 is 5.32 Å². The summed E-state index contributed by atoms with van der Waals surface area (Å²) < 4.78 is 0. The molecule has 4 heteroatoms. The summed E-state index contributed by atoms with van der Waals surface area (Å²) in [6, 6.07) is 0.140. The molecule has 0 radical (unpaired) electrons. The molecule has 0 aromatic rings. The number of carbonyl (C=O) groups excluding carboxylic acids is 2. The average molecular weight is 252 g/mol. The third kappa shape index (κ3) is 2.85. The van der Waals surface area contributed by atoms with Crippen LogP contribution in [0, 0.1) is 11.3 Å². The lowest BCUT2D eigenvalue weighted by molar-refractivity contribution is -0.137. The van der Waals surface area contributed by atoms with E-state index in [1.165, 1.54) is 6.42 Å². The van der Waals surface area contributed by atoms with Crippen LogP contribution in [0.3, 0.4) is 0 Å². The van der Waals surface area contributed by atoms with Gasteiger partial charge < -0.3 is 10.2 Å². The maximum Gasteiger partial charge on any atom is 0.225 e. The van der Waals surface area contributed by atoms with Gasteiger partial charge in [-0.25, -0.2) is 0 Å². The minimum Gasteiger partial charge on any atom is -0.351 e. The minimum absolute atomic E-state index is 0.0745. The molecule has 2 amide bonds. The third-order valence-electron chi connectivity index (χ3n) is 3.97. The van der Waals surface area contributed by atoms with E-state index >= 15 is 0 Å². The molecule has 0 unspecified atom stereocenters. The van der Waals surface area contributed by atoms with Crippen molar-refractivity contribution in [2.45, 2.75) is 52.5 Å². The summed E-state index contributed by atoms with van der Waals surface area (Å²) in [7, 11) is 0. The van der Waals surface area contributed by atoms with Gasteiger partial charge in [0.05, 0.1) is 0 Å². The van der Waals surface area contributed by atoms with Gasteiger partial charge in [-0.2, -0.15) is 0 Å². The number of likely N-dealkylation sites (tertiary alicyclic amines) is 1. The third-order valence-corrected chi connectivity index (χ3v) is 3.97. The van der Waals surface area contributed by atoms with Crippen molar-refractivity contribution in [3.05, 3.63) is 0 Å². The van der Waals surface area contributed by atoms with E-state index in [0.29, 0.717) is 12.5 Å². The van der Waals surface area contributed by atoms with E-state index in [1.54, 1.807) is 0 Å². The molecule has 2 rings (SSSR count). The standard InChI is InChI=1S/C14H24N2O2/c1-14(2,3)13(18)15-11-7-8-16(9-11)12(17)10-5-4-6-10/h10-11H,4-9H2,1-3H3,(H,15,18)/t11-/m1/s1.